The van der Waals surface area contributed by atoms with Gasteiger partial charge in [0.05, 0.1) is 5.69 Å². The van der Waals surface area contributed by atoms with Gasteiger partial charge in [0, 0.05) is 81.2 Å². The summed E-state index contributed by atoms with van der Waals surface area (Å²) >= 11 is 0. The third-order valence-corrected chi connectivity index (χ3v) is 9.88. The molecule has 1 fully saturated rings. The van der Waals surface area contributed by atoms with Crippen molar-refractivity contribution in [3.63, 3.8) is 0 Å². The van der Waals surface area contributed by atoms with Gasteiger partial charge in [0.1, 0.15) is 5.92 Å². The van der Waals surface area contributed by atoms with Crippen LogP contribution in [-0.2, 0) is 16.0 Å². The number of hydrogen-bond donors (Lipinski definition) is 6. The summed E-state index contributed by atoms with van der Waals surface area (Å²) in [6.45, 7) is 14.4. The predicted molar refractivity (Wildman–Crippen MR) is 171 cm³/mol. The molecule has 0 aromatic carbocycles. The second-order valence-electron chi connectivity index (χ2n) is 12.2. The summed E-state index contributed by atoms with van der Waals surface area (Å²) in [5, 5.41) is 26.2. The first kappa shape index (κ1) is 29.7. The van der Waals surface area contributed by atoms with Crippen LogP contribution in [0.4, 0.5) is 0 Å². The van der Waals surface area contributed by atoms with E-state index in [4.69, 9.17) is 4.74 Å². The zero-order valence-electron chi connectivity index (χ0n) is 26.1. The molecular weight excluding hydrogens is 556 g/mol. The molecule has 1 aliphatic carbocycles. The Morgan fingerprint density at radius 3 is 2.41 bits per heavy atom. The van der Waals surface area contributed by atoms with Crippen LogP contribution in [0.3, 0.4) is 0 Å². The van der Waals surface area contributed by atoms with Crippen molar-refractivity contribution < 1.29 is 24.5 Å². The summed E-state index contributed by atoms with van der Waals surface area (Å²) in [4.78, 5) is 36.6. The van der Waals surface area contributed by atoms with Crippen molar-refractivity contribution in [3.8, 4) is 0 Å². The maximum atomic E-state index is 14.1. The molecule has 6 N–H and O–H groups in total. The number of rotatable bonds is 7. The molecule has 230 valence electrons. The van der Waals surface area contributed by atoms with Gasteiger partial charge in [-0.3, -0.25) is 9.59 Å². The standard InChI is InChI=1S/C35H40N4O5/c1-8-19-15(3)22-12-24-17(5)21(10-11-28(40)41)32(38-24)30-31(35(43)44-7)34(42)29-18(6)25(39-33(29)30)14-27-20(9-2)16(4)23(37-27)13-26(19)36-22/h8,12-14,17,21,31,35-39,43H,1,9-11H2,2-7H3,(H,40,41)/b23-13-,24-12-,27-14-,32-30-/t17-,21-,31+,35?/m0/s1. The molecule has 3 aliphatic rings. The summed E-state index contributed by atoms with van der Waals surface area (Å²) < 4.78 is 5.35. The fourth-order valence-electron chi connectivity index (χ4n) is 7.38. The van der Waals surface area contributed by atoms with Gasteiger partial charge in [-0.1, -0.05) is 26.5 Å². The molecule has 3 aromatic rings. The zero-order valence-corrected chi connectivity index (χ0v) is 26.1. The van der Waals surface area contributed by atoms with E-state index in [-0.39, 0.29) is 24.0 Å². The molecule has 9 nitrogen and oxygen atoms in total. The van der Waals surface area contributed by atoms with Gasteiger partial charge < -0.3 is 35.2 Å². The molecule has 9 heteroatoms. The number of carboxylic acid groups (broad SMARTS) is 1. The number of fused-ring (bicyclic) bond motifs is 7. The van der Waals surface area contributed by atoms with Crippen LogP contribution >= 0.6 is 0 Å². The van der Waals surface area contributed by atoms with Crippen LogP contribution in [0.15, 0.2) is 18.0 Å². The van der Waals surface area contributed by atoms with Gasteiger partial charge in [-0.15, -0.1) is 0 Å². The summed E-state index contributed by atoms with van der Waals surface area (Å²) in [6.07, 6.45) is 7.89. The van der Waals surface area contributed by atoms with E-state index in [2.05, 4.69) is 72.8 Å². The first-order valence-electron chi connectivity index (χ1n) is 15.2. The third-order valence-electron chi connectivity index (χ3n) is 9.88. The lowest BCUT2D eigenvalue weighted by molar-refractivity contribution is -0.137. The second-order valence-corrected chi connectivity index (χ2v) is 12.2. The van der Waals surface area contributed by atoms with E-state index in [1.54, 1.807) is 0 Å². The number of aliphatic carboxylic acids is 1. The monoisotopic (exact) mass is 596 g/mol. The molecule has 2 aliphatic heterocycles. The summed E-state index contributed by atoms with van der Waals surface area (Å²) in [5.74, 6) is -2.38. The molecule has 0 saturated carbocycles. The molecule has 5 heterocycles. The normalized spacial score (nSPS) is 25.5. The first-order chi connectivity index (χ1) is 21.0. The average molecular weight is 597 g/mol. The molecular formula is C35H40N4O5. The minimum Gasteiger partial charge on any atom is -0.481 e. The van der Waals surface area contributed by atoms with Crippen molar-refractivity contribution in [3.05, 3.63) is 84.8 Å². The van der Waals surface area contributed by atoms with Gasteiger partial charge in [0.15, 0.2) is 12.1 Å². The number of nitrogens with one attached hydrogen (secondary N) is 4. The van der Waals surface area contributed by atoms with E-state index in [1.165, 1.54) is 12.7 Å². The SMILES string of the molecule is C=Cc1c2[nH]c(c1C)/C=C1\N/C(=C3\c4[nH]c(c(C)c4C(=O)[C@@H]3C(O)OC)/C=c3\[nH]/c(c(C)c3CC)=C\2)[C@@H](CCC(=O)O)[C@@H]1C. The third kappa shape index (κ3) is 4.45. The number of allylic oxidation sites excluding steroid dienone is 2. The first-order valence-corrected chi connectivity index (χ1v) is 15.2. The molecule has 1 unspecified atom stereocenters. The summed E-state index contributed by atoms with van der Waals surface area (Å²) in [5.41, 5.74) is 11.3. The largest absolute Gasteiger partial charge is 0.481 e. The Labute approximate surface area is 256 Å². The van der Waals surface area contributed by atoms with Crippen molar-refractivity contribution in [2.75, 3.05) is 7.11 Å². The smallest absolute Gasteiger partial charge is 0.303 e. The van der Waals surface area contributed by atoms with E-state index in [1.807, 2.05) is 13.0 Å². The number of ether oxygens (including phenoxy) is 1. The van der Waals surface area contributed by atoms with E-state index in [0.717, 1.165) is 67.8 Å². The second kappa shape index (κ2) is 11.0. The lowest BCUT2D eigenvalue weighted by Gasteiger charge is -2.22. The van der Waals surface area contributed by atoms with Gasteiger partial charge in [-0.25, -0.2) is 0 Å². The number of Topliss-reactive ketones (excluding diaryl/α,β-unsaturated/α-hetero) is 1. The summed E-state index contributed by atoms with van der Waals surface area (Å²) in [7, 11) is 1.38. The van der Waals surface area contributed by atoms with E-state index < -0.39 is 18.2 Å². The number of ketones is 1. The number of aliphatic hydroxyl groups is 1. The molecule has 6 rings (SSSR count). The minimum atomic E-state index is -1.37. The number of H-pyrrole nitrogens is 3. The summed E-state index contributed by atoms with van der Waals surface area (Å²) in [6, 6.07) is 0. The fraction of sp³-hybridized carbons (Fsp3) is 0.371. The molecule has 0 spiro atoms. The molecule has 44 heavy (non-hydrogen) atoms. The van der Waals surface area contributed by atoms with Crippen molar-refractivity contribution in [1.29, 1.82) is 0 Å². The quantitative estimate of drug-likeness (QED) is 0.228. The Kier molecular flexibility index (Phi) is 7.42. The van der Waals surface area contributed by atoms with Gasteiger partial charge in [0.2, 0.25) is 0 Å². The Morgan fingerprint density at radius 1 is 1.05 bits per heavy atom. The zero-order chi connectivity index (χ0) is 31.6. The molecule has 4 atom stereocenters. The molecule has 0 amide bonds. The van der Waals surface area contributed by atoms with Gasteiger partial charge in [-0.2, -0.15) is 0 Å². The number of aromatic amines is 3. The van der Waals surface area contributed by atoms with Crippen LogP contribution in [0.1, 0.15) is 87.6 Å². The van der Waals surface area contributed by atoms with Crippen molar-refractivity contribution in [2.24, 2.45) is 17.8 Å². The van der Waals surface area contributed by atoms with Crippen LogP contribution in [0.25, 0.3) is 29.9 Å². The molecule has 1 saturated heterocycles. The van der Waals surface area contributed by atoms with Crippen LogP contribution < -0.4 is 16.0 Å². The fourth-order valence-corrected chi connectivity index (χ4v) is 7.38. The van der Waals surface area contributed by atoms with E-state index in [0.29, 0.717) is 23.3 Å². The Morgan fingerprint density at radius 2 is 1.75 bits per heavy atom. The Hall–Kier alpha value is -4.34. The van der Waals surface area contributed by atoms with Crippen molar-refractivity contribution >= 4 is 41.6 Å². The van der Waals surface area contributed by atoms with E-state index >= 15 is 0 Å². The molecule has 0 radical (unpaired) electrons. The highest BCUT2D eigenvalue weighted by molar-refractivity contribution is 6.15. The maximum absolute atomic E-state index is 14.1. The highest BCUT2D eigenvalue weighted by Crippen LogP contribution is 2.48. The van der Waals surface area contributed by atoms with Crippen molar-refractivity contribution in [1.82, 2.24) is 20.3 Å². The van der Waals surface area contributed by atoms with E-state index in [9.17, 15) is 19.8 Å². The molecule has 3 aromatic heterocycles. The Bertz CT molecular complexity index is 1910. The maximum Gasteiger partial charge on any atom is 0.303 e. The number of aromatic nitrogens is 3. The van der Waals surface area contributed by atoms with Crippen molar-refractivity contribution in [2.45, 2.75) is 60.2 Å². The number of carbonyl (C=O) groups excluding carboxylic acids is 1. The van der Waals surface area contributed by atoms with Crippen LogP contribution in [0, 0.1) is 38.5 Å². The van der Waals surface area contributed by atoms with Gasteiger partial charge in [0.25, 0.3) is 0 Å². The topological polar surface area (TPSA) is 143 Å². The number of carbonyl (C=O) groups is 2. The highest BCUT2D eigenvalue weighted by Gasteiger charge is 2.47. The number of aliphatic hydroxyl groups excluding tert-OH is 1. The highest BCUT2D eigenvalue weighted by atomic mass is 16.6. The number of hydrogen-bond acceptors (Lipinski definition) is 5. The predicted octanol–water partition coefficient (Wildman–Crippen LogP) is 4.02. The lowest BCUT2D eigenvalue weighted by atomic mass is 9.84. The van der Waals surface area contributed by atoms with Crippen LogP contribution in [-0.4, -0.2) is 50.3 Å². The van der Waals surface area contributed by atoms with Crippen LogP contribution in [0.5, 0.6) is 0 Å². The van der Waals surface area contributed by atoms with Gasteiger partial charge >= 0.3 is 5.97 Å². The van der Waals surface area contributed by atoms with Gasteiger partial charge in [-0.05, 0) is 74.1 Å². The minimum absolute atomic E-state index is 0.0306. The number of carboxylic acids is 1. The Balaban J connectivity index is 1.73. The number of methoxy groups -OCH3 is 1. The van der Waals surface area contributed by atoms with Crippen LogP contribution in [0.2, 0.25) is 0 Å². The lowest BCUT2D eigenvalue weighted by Crippen LogP contribution is -2.29. The molecule has 8 bridgehead atoms. The average Bonchev–Trinajstić information content (AvgIpc) is 3.72.